The van der Waals surface area contributed by atoms with Gasteiger partial charge in [-0.25, -0.2) is 8.42 Å². The number of nitrogens with zero attached hydrogens (tertiary/aromatic N) is 1. The molecule has 0 aliphatic heterocycles. The number of amides is 2. The number of hydrogen-bond acceptors (Lipinski definition) is 5. The lowest BCUT2D eigenvalue weighted by molar-refractivity contribution is 0.101. The summed E-state index contributed by atoms with van der Waals surface area (Å²) >= 11 is 6.33. The van der Waals surface area contributed by atoms with Crippen molar-refractivity contribution < 1.29 is 18.0 Å². The van der Waals surface area contributed by atoms with E-state index in [0.717, 1.165) is 6.26 Å². The van der Waals surface area contributed by atoms with Gasteiger partial charge < -0.3 is 10.6 Å². The first-order valence-electron chi connectivity index (χ1n) is 10.9. The summed E-state index contributed by atoms with van der Waals surface area (Å²) in [4.78, 5) is 30.1. The van der Waals surface area contributed by atoms with E-state index in [9.17, 15) is 18.0 Å². The molecule has 0 aliphatic rings. The maximum Gasteiger partial charge on any atom is 0.255 e. The van der Waals surface area contributed by atoms with E-state index in [-0.39, 0.29) is 17.0 Å². The number of anilines is 2. The van der Waals surface area contributed by atoms with Crippen molar-refractivity contribution in [2.24, 2.45) is 0 Å². The third-order valence-electron chi connectivity index (χ3n) is 5.24. The van der Waals surface area contributed by atoms with E-state index in [1.165, 1.54) is 18.2 Å². The molecular weight excluding hydrogens is 498 g/mol. The van der Waals surface area contributed by atoms with Crippen LogP contribution < -0.4 is 10.6 Å². The van der Waals surface area contributed by atoms with E-state index < -0.39 is 21.7 Å². The zero-order valence-electron chi connectivity index (χ0n) is 19.2. The summed E-state index contributed by atoms with van der Waals surface area (Å²) in [5.41, 5.74) is 3.09. The van der Waals surface area contributed by atoms with Gasteiger partial charge in [0.05, 0.1) is 16.5 Å². The van der Waals surface area contributed by atoms with Gasteiger partial charge in [0.25, 0.3) is 11.8 Å². The third kappa shape index (κ3) is 6.35. The average Bonchev–Trinajstić information content (AvgIpc) is 2.86. The Balaban J connectivity index is 1.62. The van der Waals surface area contributed by atoms with Crippen LogP contribution in [0, 0.1) is 0 Å². The van der Waals surface area contributed by atoms with Gasteiger partial charge in [-0.1, -0.05) is 41.9 Å². The Labute approximate surface area is 214 Å². The Hall–Kier alpha value is -4.01. The fourth-order valence-electron chi connectivity index (χ4n) is 3.55. The zero-order valence-corrected chi connectivity index (χ0v) is 20.8. The van der Waals surface area contributed by atoms with Gasteiger partial charge >= 0.3 is 0 Å². The maximum atomic E-state index is 13.1. The molecule has 0 radical (unpaired) electrons. The molecule has 1 heterocycles. The number of benzene rings is 3. The monoisotopic (exact) mass is 519 g/mol. The number of nitrogens with one attached hydrogen (secondary N) is 2. The fourth-order valence-corrected chi connectivity index (χ4v) is 4.58. The van der Waals surface area contributed by atoms with E-state index >= 15 is 0 Å². The van der Waals surface area contributed by atoms with Crippen LogP contribution in [0.5, 0.6) is 0 Å². The van der Waals surface area contributed by atoms with E-state index in [1.54, 1.807) is 60.8 Å². The second-order valence-corrected chi connectivity index (χ2v) is 10.7. The highest BCUT2D eigenvalue weighted by Crippen LogP contribution is 2.29. The minimum Gasteiger partial charge on any atom is -0.322 e. The lowest BCUT2D eigenvalue weighted by Crippen LogP contribution is -2.17. The Morgan fingerprint density at radius 3 is 2.25 bits per heavy atom. The summed E-state index contributed by atoms with van der Waals surface area (Å²) in [6.45, 7) is 0. The van der Waals surface area contributed by atoms with Gasteiger partial charge in [-0.15, -0.1) is 0 Å². The van der Waals surface area contributed by atoms with Gasteiger partial charge in [-0.2, -0.15) is 0 Å². The molecule has 0 saturated heterocycles. The van der Waals surface area contributed by atoms with Gasteiger partial charge in [-0.05, 0) is 60.2 Å². The lowest BCUT2D eigenvalue weighted by atomic mass is 10.1. The highest BCUT2D eigenvalue weighted by molar-refractivity contribution is 7.89. The van der Waals surface area contributed by atoms with E-state index in [1.807, 2.05) is 12.1 Å². The molecule has 3 aromatic carbocycles. The molecular formula is C27H22ClN3O4S. The Bertz CT molecular complexity index is 1530. The largest absolute Gasteiger partial charge is 0.322 e. The summed E-state index contributed by atoms with van der Waals surface area (Å²) < 4.78 is 23.9. The van der Waals surface area contributed by atoms with Crippen LogP contribution in [0.2, 0.25) is 5.02 Å². The molecule has 0 unspecified atom stereocenters. The van der Waals surface area contributed by atoms with Crippen LogP contribution >= 0.6 is 11.6 Å². The maximum absolute atomic E-state index is 13.1. The van der Waals surface area contributed by atoms with Crippen LogP contribution in [0.15, 0.2) is 91.1 Å². The van der Waals surface area contributed by atoms with Crippen molar-refractivity contribution in [2.45, 2.75) is 5.75 Å². The molecule has 4 aromatic rings. The first-order chi connectivity index (χ1) is 17.2. The Morgan fingerprint density at radius 2 is 1.56 bits per heavy atom. The summed E-state index contributed by atoms with van der Waals surface area (Å²) in [6, 6.07) is 23.5. The van der Waals surface area contributed by atoms with Crippen molar-refractivity contribution in [1.29, 1.82) is 0 Å². The molecule has 2 amide bonds. The van der Waals surface area contributed by atoms with Gasteiger partial charge in [-0.3, -0.25) is 14.6 Å². The van der Waals surface area contributed by atoms with Crippen LogP contribution in [0.3, 0.4) is 0 Å². The van der Waals surface area contributed by atoms with Gasteiger partial charge in [0.15, 0.2) is 9.84 Å². The van der Waals surface area contributed by atoms with Gasteiger partial charge in [0.1, 0.15) is 0 Å². The first-order valence-corrected chi connectivity index (χ1v) is 13.3. The third-order valence-corrected chi connectivity index (χ3v) is 6.40. The van der Waals surface area contributed by atoms with E-state index in [2.05, 4.69) is 15.6 Å². The fraction of sp³-hybridized carbons (Fsp3) is 0.0741. The minimum atomic E-state index is -3.39. The molecule has 0 bridgehead atoms. The molecule has 182 valence electrons. The number of sulfone groups is 1. The molecule has 0 saturated carbocycles. The Morgan fingerprint density at radius 1 is 0.833 bits per heavy atom. The highest BCUT2D eigenvalue weighted by Gasteiger charge is 2.17. The Kier molecular flexibility index (Phi) is 7.47. The minimum absolute atomic E-state index is 0.241. The number of halogens is 1. The second-order valence-electron chi connectivity index (χ2n) is 8.13. The molecule has 0 atom stereocenters. The first kappa shape index (κ1) is 25.1. The number of aromatic nitrogens is 1. The molecule has 0 aliphatic carbocycles. The van der Waals surface area contributed by atoms with Gasteiger partial charge in [0.2, 0.25) is 0 Å². The predicted molar refractivity (Wildman–Crippen MR) is 142 cm³/mol. The van der Waals surface area contributed by atoms with Crippen LogP contribution in [-0.4, -0.2) is 31.5 Å². The smallest absolute Gasteiger partial charge is 0.255 e. The molecule has 36 heavy (non-hydrogen) atoms. The number of carbonyl (C=O) groups is 2. The molecule has 7 nitrogen and oxygen atoms in total. The van der Waals surface area contributed by atoms with Crippen LogP contribution in [0.1, 0.15) is 26.3 Å². The normalized spacial score (nSPS) is 11.1. The van der Waals surface area contributed by atoms with Crippen molar-refractivity contribution in [3.63, 3.8) is 0 Å². The van der Waals surface area contributed by atoms with Crippen molar-refractivity contribution in [2.75, 3.05) is 16.9 Å². The molecule has 1 aromatic heterocycles. The van der Waals surface area contributed by atoms with Crippen molar-refractivity contribution in [1.82, 2.24) is 4.98 Å². The summed E-state index contributed by atoms with van der Waals surface area (Å²) in [5.74, 6) is -1.14. The number of hydrogen-bond donors (Lipinski definition) is 2. The SMILES string of the molecule is CS(=O)(=O)Cc1ccc(C(=O)Nc2ccc(Cl)c(-c3ccccn3)c2)cc1NC(=O)c1ccccc1. The molecule has 0 fully saturated rings. The quantitative estimate of drug-likeness (QED) is 0.338. The van der Waals surface area contributed by atoms with E-state index in [4.69, 9.17) is 11.6 Å². The van der Waals surface area contributed by atoms with Gasteiger partial charge in [0, 0.05) is 40.5 Å². The molecule has 2 N–H and O–H groups in total. The molecule has 9 heteroatoms. The topological polar surface area (TPSA) is 105 Å². The van der Waals surface area contributed by atoms with Crippen LogP contribution in [0.4, 0.5) is 11.4 Å². The summed E-state index contributed by atoms with van der Waals surface area (Å²) in [6.07, 6.45) is 2.76. The zero-order chi connectivity index (χ0) is 25.7. The number of pyridine rings is 1. The van der Waals surface area contributed by atoms with Crippen molar-refractivity contribution >= 4 is 44.6 Å². The standard InChI is InChI=1S/C27H22ClN3O4S/c1-36(34,35)17-20-11-10-19(15-25(20)31-26(32)18-7-3-2-4-8-18)27(33)30-21-12-13-23(28)22(16-21)24-9-5-6-14-29-24/h2-16H,17H2,1H3,(H,30,33)(H,31,32). The summed E-state index contributed by atoms with van der Waals surface area (Å²) in [7, 11) is -3.39. The average molecular weight is 520 g/mol. The molecule has 4 rings (SSSR count). The predicted octanol–water partition coefficient (Wildman–Crippen LogP) is 5.45. The highest BCUT2D eigenvalue weighted by atomic mass is 35.5. The van der Waals surface area contributed by atoms with Crippen LogP contribution in [0.25, 0.3) is 11.3 Å². The van der Waals surface area contributed by atoms with Crippen LogP contribution in [-0.2, 0) is 15.6 Å². The second kappa shape index (κ2) is 10.7. The number of carbonyl (C=O) groups excluding carboxylic acids is 2. The lowest BCUT2D eigenvalue weighted by Gasteiger charge is -2.14. The van der Waals surface area contributed by atoms with E-state index in [0.29, 0.717) is 33.1 Å². The van der Waals surface area contributed by atoms with Crippen molar-refractivity contribution in [3.05, 3.63) is 113 Å². The molecule has 0 spiro atoms. The summed E-state index contributed by atoms with van der Waals surface area (Å²) in [5, 5.41) is 6.05. The number of rotatable bonds is 7. The van der Waals surface area contributed by atoms with Crippen molar-refractivity contribution in [3.8, 4) is 11.3 Å².